The molecule has 1 heterocycles. The number of halogens is 2. The summed E-state index contributed by atoms with van der Waals surface area (Å²) in [6.07, 6.45) is 1.59. The van der Waals surface area contributed by atoms with Gasteiger partial charge in [-0.3, -0.25) is 0 Å². The fourth-order valence-electron chi connectivity index (χ4n) is 0.545. The van der Waals surface area contributed by atoms with E-state index in [4.69, 9.17) is 16.3 Å². The second kappa shape index (κ2) is 3.21. The smallest absolute Gasteiger partial charge is 0.229 e. The first-order valence-electron chi connectivity index (χ1n) is 2.59. The third-order valence-electron chi connectivity index (χ3n) is 1.00. The van der Waals surface area contributed by atoms with E-state index in [9.17, 15) is 0 Å². The van der Waals surface area contributed by atoms with E-state index >= 15 is 0 Å². The van der Waals surface area contributed by atoms with E-state index < -0.39 is 0 Å². The maximum absolute atomic E-state index is 5.73. The average Bonchev–Trinajstić information content (AvgIpc) is 1.95. The summed E-state index contributed by atoms with van der Waals surface area (Å²) in [5, 5.41) is 0.604. The molecule has 0 saturated heterocycles. The van der Waals surface area contributed by atoms with Crippen molar-refractivity contribution in [3.63, 3.8) is 0 Å². The lowest BCUT2D eigenvalue weighted by Crippen LogP contribution is -1.87. The number of nitrogens with zero attached hydrogens (tertiary/aromatic N) is 1. The van der Waals surface area contributed by atoms with E-state index in [1.165, 1.54) is 0 Å². The van der Waals surface area contributed by atoms with E-state index in [2.05, 4.69) is 20.9 Å². The molecule has 0 aromatic carbocycles. The van der Waals surface area contributed by atoms with Gasteiger partial charge in [0, 0.05) is 6.20 Å². The molecule has 0 N–H and O–H groups in total. The molecule has 0 atom stereocenters. The zero-order valence-corrected chi connectivity index (χ0v) is 7.61. The number of pyridine rings is 1. The molecule has 0 aliphatic heterocycles. The van der Waals surface area contributed by atoms with Gasteiger partial charge >= 0.3 is 0 Å². The lowest BCUT2D eigenvalue weighted by molar-refractivity contribution is 0.395. The zero-order chi connectivity index (χ0) is 7.56. The van der Waals surface area contributed by atoms with Crippen LogP contribution < -0.4 is 4.74 Å². The standard InChI is InChI=1S/C6H5BrClNO/c1-10-6-5(7)4(8)2-3-9-6/h2-3H,1H3. The molecule has 1 aromatic rings. The Morgan fingerprint density at radius 2 is 2.40 bits per heavy atom. The van der Waals surface area contributed by atoms with Crippen molar-refractivity contribution in [1.82, 2.24) is 4.98 Å². The van der Waals surface area contributed by atoms with Crippen molar-refractivity contribution in [2.45, 2.75) is 0 Å². The van der Waals surface area contributed by atoms with Crippen LogP contribution in [0.5, 0.6) is 5.88 Å². The summed E-state index contributed by atoms with van der Waals surface area (Å²) in [5.74, 6) is 0.507. The first-order valence-corrected chi connectivity index (χ1v) is 3.77. The summed E-state index contributed by atoms with van der Waals surface area (Å²) in [4.78, 5) is 3.90. The number of methoxy groups -OCH3 is 1. The number of hydrogen-bond acceptors (Lipinski definition) is 2. The van der Waals surface area contributed by atoms with Crippen LogP contribution in [0.1, 0.15) is 0 Å². The molecule has 54 valence electrons. The Balaban J connectivity index is 3.14. The van der Waals surface area contributed by atoms with Crippen molar-refractivity contribution >= 4 is 27.5 Å². The van der Waals surface area contributed by atoms with Gasteiger partial charge in [-0.2, -0.15) is 0 Å². The van der Waals surface area contributed by atoms with Crippen LogP contribution in [0.4, 0.5) is 0 Å². The van der Waals surface area contributed by atoms with Crippen LogP contribution in [0.3, 0.4) is 0 Å². The predicted octanol–water partition coefficient (Wildman–Crippen LogP) is 2.51. The monoisotopic (exact) mass is 221 g/mol. The largest absolute Gasteiger partial charge is 0.480 e. The molecular weight excluding hydrogens is 217 g/mol. The SMILES string of the molecule is COc1nccc(Cl)c1Br. The molecule has 10 heavy (non-hydrogen) atoms. The van der Waals surface area contributed by atoms with Gasteiger partial charge in [0.25, 0.3) is 0 Å². The van der Waals surface area contributed by atoms with Crippen LogP contribution in [-0.4, -0.2) is 12.1 Å². The molecule has 4 heteroatoms. The maximum atomic E-state index is 5.73. The Labute approximate surface area is 72.3 Å². The normalized spacial score (nSPS) is 9.50. The van der Waals surface area contributed by atoms with E-state index in [1.807, 2.05) is 0 Å². The van der Waals surface area contributed by atoms with Crippen LogP contribution in [0.25, 0.3) is 0 Å². The van der Waals surface area contributed by atoms with Gasteiger partial charge in [-0.25, -0.2) is 4.98 Å². The molecule has 0 radical (unpaired) electrons. The lowest BCUT2D eigenvalue weighted by Gasteiger charge is -2.00. The third-order valence-corrected chi connectivity index (χ3v) is 2.31. The van der Waals surface area contributed by atoms with E-state index in [-0.39, 0.29) is 0 Å². The zero-order valence-electron chi connectivity index (χ0n) is 5.27. The Morgan fingerprint density at radius 3 is 2.90 bits per heavy atom. The minimum atomic E-state index is 0.507. The molecule has 0 saturated carbocycles. The lowest BCUT2D eigenvalue weighted by atomic mass is 10.5. The number of aromatic nitrogens is 1. The van der Waals surface area contributed by atoms with Crippen LogP contribution in [0, 0.1) is 0 Å². The summed E-state index contributed by atoms with van der Waals surface area (Å²) < 4.78 is 5.58. The first kappa shape index (κ1) is 7.82. The minimum absolute atomic E-state index is 0.507. The molecule has 1 rings (SSSR count). The van der Waals surface area contributed by atoms with Crippen LogP contribution in [-0.2, 0) is 0 Å². The van der Waals surface area contributed by atoms with Crippen LogP contribution in [0.15, 0.2) is 16.7 Å². The molecule has 1 aromatic heterocycles. The molecular formula is C6H5BrClNO. The van der Waals surface area contributed by atoms with Gasteiger partial charge in [0.2, 0.25) is 5.88 Å². The minimum Gasteiger partial charge on any atom is -0.480 e. The van der Waals surface area contributed by atoms with Crippen molar-refractivity contribution in [2.24, 2.45) is 0 Å². The Bertz CT molecular complexity index is 241. The highest BCUT2D eigenvalue weighted by atomic mass is 79.9. The highest BCUT2D eigenvalue weighted by Gasteiger charge is 2.03. The number of hydrogen-bond donors (Lipinski definition) is 0. The molecule has 0 bridgehead atoms. The number of ether oxygens (including phenoxy) is 1. The fraction of sp³-hybridized carbons (Fsp3) is 0.167. The first-order chi connectivity index (χ1) is 4.75. The van der Waals surface area contributed by atoms with Gasteiger partial charge in [0.15, 0.2) is 0 Å². The van der Waals surface area contributed by atoms with Crippen molar-refractivity contribution in [3.8, 4) is 5.88 Å². The van der Waals surface area contributed by atoms with E-state index in [1.54, 1.807) is 19.4 Å². The summed E-state index contributed by atoms with van der Waals surface area (Å²) in [6.45, 7) is 0. The molecule has 0 unspecified atom stereocenters. The molecule has 2 nitrogen and oxygen atoms in total. The van der Waals surface area contributed by atoms with Crippen LogP contribution >= 0.6 is 27.5 Å². The Morgan fingerprint density at radius 1 is 1.70 bits per heavy atom. The van der Waals surface area contributed by atoms with Crippen molar-refractivity contribution < 1.29 is 4.74 Å². The highest BCUT2D eigenvalue weighted by molar-refractivity contribution is 9.10. The maximum Gasteiger partial charge on any atom is 0.229 e. The summed E-state index contributed by atoms with van der Waals surface area (Å²) in [5.41, 5.74) is 0. The highest BCUT2D eigenvalue weighted by Crippen LogP contribution is 2.28. The number of rotatable bonds is 1. The van der Waals surface area contributed by atoms with Crippen molar-refractivity contribution in [2.75, 3.05) is 7.11 Å². The van der Waals surface area contributed by atoms with Gasteiger partial charge in [-0.05, 0) is 22.0 Å². The summed E-state index contributed by atoms with van der Waals surface area (Å²) in [6, 6.07) is 1.69. The fourth-order valence-corrected chi connectivity index (χ4v) is 1.08. The predicted molar refractivity (Wildman–Crippen MR) is 43.5 cm³/mol. The molecule has 0 amide bonds. The van der Waals surface area contributed by atoms with Crippen molar-refractivity contribution in [1.29, 1.82) is 0 Å². The second-order valence-corrected chi connectivity index (χ2v) is 2.82. The molecule has 0 spiro atoms. The van der Waals surface area contributed by atoms with Gasteiger partial charge in [0.1, 0.15) is 0 Å². The van der Waals surface area contributed by atoms with E-state index in [0.717, 1.165) is 0 Å². The third kappa shape index (κ3) is 1.41. The molecule has 0 aliphatic rings. The molecule has 0 aliphatic carbocycles. The Kier molecular flexibility index (Phi) is 2.51. The van der Waals surface area contributed by atoms with Crippen LogP contribution in [0.2, 0.25) is 5.02 Å². The topological polar surface area (TPSA) is 22.1 Å². The second-order valence-electron chi connectivity index (χ2n) is 1.62. The van der Waals surface area contributed by atoms with Gasteiger partial charge < -0.3 is 4.74 Å². The van der Waals surface area contributed by atoms with Gasteiger partial charge in [0.05, 0.1) is 16.6 Å². The quantitative estimate of drug-likeness (QED) is 0.728. The summed E-state index contributed by atoms with van der Waals surface area (Å²) in [7, 11) is 1.55. The van der Waals surface area contributed by atoms with E-state index in [0.29, 0.717) is 15.4 Å². The Hall–Kier alpha value is -0.280. The van der Waals surface area contributed by atoms with Gasteiger partial charge in [-0.15, -0.1) is 0 Å². The molecule has 0 fully saturated rings. The average molecular weight is 222 g/mol. The van der Waals surface area contributed by atoms with Crippen molar-refractivity contribution in [3.05, 3.63) is 21.8 Å². The summed E-state index contributed by atoms with van der Waals surface area (Å²) >= 11 is 8.95. The van der Waals surface area contributed by atoms with Gasteiger partial charge in [-0.1, -0.05) is 11.6 Å².